The van der Waals surface area contributed by atoms with E-state index < -0.39 is 0 Å². The molecule has 1 aromatic heterocycles. The summed E-state index contributed by atoms with van der Waals surface area (Å²) in [6, 6.07) is 9.01. The number of rotatable bonds is 2. The number of amides is 1. The molecule has 0 aliphatic heterocycles. The van der Waals surface area contributed by atoms with Gasteiger partial charge in [-0.15, -0.1) is 0 Å². The predicted molar refractivity (Wildman–Crippen MR) is 63.6 cm³/mol. The molecule has 0 radical (unpaired) electrons. The van der Waals surface area contributed by atoms with Crippen LogP contribution in [0, 0.1) is 3.57 Å². The molecule has 1 amide bonds. The molecule has 0 fully saturated rings. The van der Waals surface area contributed by atoms with Gasteiger partial charge < -0.3 is 9.84 Å². The lowest BCUT2D eigenvalue weighted by Crippen LogP contribution is -2.11. The number of carbonyl (C=O) groups excluding carboxylic acids is 1. The van der Waals surface area contributed by atoms with Crippen LogP contribution in [0.25, 0.3) is 0 Å². The molecule has 15 heavy (non-hydrogen) atoms. The third-order valence-corrected chi connectivity index (χ3v) is 2.49. The summed E-state index contributed by atoms with van der Waals surface area (Å²) in [4.78, 5) is 11.5. The van der Waals surface area contributed by atoms with E-state index in [1.807, 2.05) is 24.3 Å². The highest BCUT2D eigenvalue weighted by molar-refractivity contribution is 14.1. The summed E-state index contributed by atoms with van der Waals surface area (Å²) in [6.07, 6.45) is 1.36. The van der Waals surface area contributed by atoms with Gasteiger partial charge in [-0.3, -0.25) is 4.79 Å². The number of halogens is 1. The lowest BCUT2D eigenvalue weighted by atomic mass is 10.3. The lowest BCUT2D eigenvalue weighted by Gasteiger charge is -2.01. The summed E-state index contributed by atoms with van der Waals surface area (Å²) >= 11 is 2.20. The first-order chi connectivity index (χ1) is 7.25. The van der Waals surface area contributed by atoms with Gasteiger partial charge in [0.2, 0.25) is 0 Å². The molecular weight excluding hydrogens is 307 g/mol. The Morgan fingerprint density at radius 1 is 1.27 bits per heavy atom. The maximum atomic E-state index is 11.5. The summed E-state index contributed by atoms with van der Waals surface area (Å²) in [5, 5.41) is 6.25. The van der Waals surface area contributed by atoms with E-state index in [4.69, 9.17) is 0 Å². The molecule has 0 bridgehead atoms. The van der Waals surface area contributed by atoms with Crippen molar-refractivity contribution in [1.29, 1.82) is 0 Å². The number of anilines is 1. The van der Waals surface area contributed by atoms with Crippen molar-refractivity contribution in [3.8, 4) is 0 Å². The standard InChI is InChI=1S/C10H7IN2O2/c11-7-1-3-8(4-2-7)12-10(14)9-5-6-15-13-9/h1-6H,(H,12,14). The summed E-state index contributed by atoms with van der Waals surface area (Å²) in [5.74, 6) is -0.273. The monoisotopic (exact) mass is 314 g/mol. The quantitative estimate of drug-likeness (QED) is 0.867. The minimum Gasteiger partial charge on any atom is -0.364 e. The Bertz CT molecular complexity index is 451. The van der Waals surface area contributed by atoms with E-state index in [0.717, 1.165) is 9.26 Å². The first kappa shape index (κ1) is 10.2. The van der Waals surface area contributed by atoms with Crippen molar-refractivity contribution in [2.75, 3.05) is 5.32 Å². The number of hydrogen-bond acceptors (Lipinski definition) is 3. The third kappa shape index (κ3) is 2.56. The first-order valence-corrected chi connectivity index (χ1v) is 5.31. The Morgan fingerprint density at radius 2 is 2.00 bits per heavy atom. The molecule has 1 N–H and O–H groups in total. The van der Waals surface area contributed by atoms with Crippen molar-refractivity contribution >= 4 is 34.2 Å². The van der Waals surface area contributed by atoms with Crippen LogP contribution in [0.2, 0.25) is 0 Å². The van der Waals surface area contributed by atoms with Crippen LogP contribution >= 0.6 is 22.6 Å². The number of aromatic nitrogens is 1. The summed E-state index contributed by atoms with van der Waals surface area (Å²) in [5.41, 5.74) is 1.01. The molecule has 2 aromatic rings. The van der Waals surface area contributed by atoms with Crippen molar-refractivity contribution in [2.24, 2.45) is 0 Å². The van der Waals surface area contributed by atoms with E-state index in [2.05, 4.69) is 37.6 Å². The van der Waals surface area contributed by atoms with Gasteiger partial charge in [-0.25, -0.2) is 0 Å². The third-order valence-electron chi connectivity index (χ3n) is 1.77. The van der Waals surface area contributed by atoms with Gasteiger partial charge in [0, 0.05) is 15.3 Å². The second kappa shape index (κ2) is 4.43. The van der Waals surface area contributed by atoms with E-state index in [0.29, 0.717) is 0 Å². The zero-order valence-corrected chi connectivity index (χ0v) is 9.76. The first-order valence-electron chi connectivity index (χ1n) is 4.23. The number of nitrogens with zero attached hydrogens (tertiary/aromatic N) is 1. The smallest absolute Gasteiger partial charge is 0.277 e. The van der Waals surface area contributed by atoms with Gasteiger partial charge in [-0.2, -0.15) is 0 Å². The van der Waals surface area contributed by atoms with Gasteiger partial charge in [0.15, 0.2) is 5.69 Å². The summed E-state index contributed by atoms with van der Waals surface area (Å²) in [6.45, 7) is 0. The molecule has 1 aromatic carbocycles. The van der Waals surface area contributed by atoms with Crippen LogP contribution in [-0.2, 0) is 0 Å². The largest absolute Gasteiger partial charge is 0.364 e. The Kier molecular flexibility index (Phi) is 3.00. The van der Waals surface area contributed by atoms with Crippen LogP contribution in [0.3, 0.4) is 0 Å². The Labute approximate surface area is 99.8 Å². The van der Waals surface area contributed by atoms with Crippen LogP contribution in [0.15, 0.2) is 41.1 Å². The SMILES string of the molecule is O=C(Nc1ccc(I)cc1)c1ccon1. The highest BCUT2D eigenvalue weighted by Crippen LogP contribution is 2.11. The average molecular weight is 314 g/mol. The molecule has 1 heterocycles. The minimum absolute atomic E-state index is 0.272. The van der Waals surface area contributed by atoms with Crippen LogP contribution in [0.5, 0.6) is 0 Å². The second-order valence-corrected chi connectivity index (χ2v) is 4.09. The van der Waals surface area contributed by atoms with E-state index in [1.165, 1.54) is 12.3 Å². The van der Waals surface area contributed by atoms with E-state index in [1.54, 1.807) is 0 Å². The topological polar surface area (TPSA) is 55.1 Å². The van der Waals surface area contributed by atoms with Crippen LogP contribution < -0.4 is 5.32 Å². The molecule has 4 nitrogen and oxygen atoms in total. The maximum Gasteiger partial charge on any atom is 0.277 e. The zero-order valence-electron chi connectivity index (χ0n) is 7.61. The minimum atomic E-state index is -0.273. The van der Waals surface area contributed by atoms with Crippen molar-refractivity contribution in [3.63, 3.8) is 0 Å². The molecule has 76 valence electrons. The summed E-state index contributed by atoms with van der Waals surface area (Å²) in [7, 11) is 0. The molecular formula is C10H7IN2O2. The number of nitrogens with one attached hydrogen (secondary N) is 1. The fraction of sp³-hybridized carbons (Fsp3) is 0. The predicted octanol–water partition coefficient (Wildman–Crippen LogP) is 2.53. The second-order valence-electron chi connectivity index (χ2n) is 2.85. The summed E-state index contributed by atoms with van der Waals surface area (Å²) < 4.78 is 5.70. The van der Waals surface area contributed by atoms with E-state index in [-0.39, 0.29) is 11.6 Å². The maximum absolute atomic E-state index is 11.5. The molecule has 5 heteroatoms. The highest BCUT2D eigenvalue weighted by Gasteiger charge is 2.08. The van der Waals surface area contributed by atoms with Crippen LogP contribution in [-0.4, -0.2) is 11.1 Å². The van der Waals surface area contributed by atoms with Crippen molar-refractivity contribution in [3.05, 3.63) is 45.9 Å². The van der Waals surface area contributed by atoms with E-state index in [9.17, 15) is 4.79 Å². The molecule has 0 aliphatic carbocycles. The van der Waals surface area contributed by atoms with Gasteiger partial charge in [0.25, 0.3) is 5.91 Å². The van der Waals surface area contributed by atoms with Gasteiger partial charge >= 0.3 is 0 Å². The zero-order chi connectivity index (χ0) is 10.7. The molecule has 2 rings (SSSR count). The molecule has 0 saturated heterocycles. The van der Waals surface area contributed by atoms with Crippen molar-refractivity contribution < 1.29 is 9.32 Å². The fourth-order valence-electron chi connectivity index (χ4n) is 1.06. The lowest BCUT2D eigenvalue weighted by molar-refractivity contribution is 0.101. The van der Waals surface area contributed by atoms with Crippen molar-refractivity contribution in [2.45, 2.75) is 0 Å². The molecule has 0 aliphatic rings. The Balaban J connectivity index is 2.09. The average Bonchev–Trinajstić information content (AvgIpc) is 2.74. The number of benzene rings is 1. The van der Waals surface area contributed by atoms with Gasteiger partial charge in [0.05, 0.1) is 0 Å². The van der Waals surface area contributed by atoms with Gasteiger partial charge in [-0.1, -0.05) is 5.16 Å². The molecule has 0 atom stereocenters. The number of hydrogen-bond donors (Lipinski definition) is 1. The normalized spacial score (nSPS) is 9.93. The van der Waals surface area contributed by atoms with Crippen molar-refractivity contribution in [1.82, 2.24) is 5.16 Å². The van der Waals surface area contributed by atoms with E-state index >= 15 is 0 Å². The van der Waals surface area contributed by atoms with Gasteiger partial charge in [0.1, 0.15) is 6.26 Å². The molecule has 0 unspecified atom stereocenters. The molecule has 0 saturated carbocycles. The number of carbonyl (C=O) groups is 1. The highest BCUT2D eigenvalue weighted by atomic mass is 127. The van der Waals surface area contributed by atoms with Crippen LogP contribution in [0.1, 0.15) is 10.5 Å². The van der Waals surface area contributed by atoms with Crippen LogP contribution in [0.4, 0.5) is 5.69 Å². The molecule has 0 spiro atoms. The van der Waals surface area contributed by atoms with Gasteiger partial charge in [-0.05, 0) is 46.9 Å². The Morgan fingerprint density at radius 3 is 2.60 bits per heavy atom. The Hall–Kier alpha value is -1.37. The fourth-order valence-corrected chi connectivity index (χ4v) is 1.42.